The van der Waals surface area contributed by atoms with Crippen LogP contribution in [0.4, 0.5) is 0 Å². The van der Waals surface area contributed by atoms with E-state index >= 15 is 0 Å². The molecule has 2 atom stereocenters. The number of sulfonamides is 1. The summed E-state index contributed by atoms with van der Waals surface area (Å²) in [4.78, 5) is 1.07. The summed E-state index contributed by atoms with van der Waals surface area (Å²) in [5.74, 6) is 0.888. The highest BCUT2D eigenvalue weighted by molar-refractivity contribution is 7.91. The topological polar surface area (TPSA) is 55.4 Å². The van der Waals surface area contributed by atoms with Gasteiger partial charge in [0.05, 0.1) is 6.61 Å². The summed E-state index contributed by atoms with van der Waals surface area (Å²) in [6.07, 6.45) is 0.847. The molecule has 0 fully saturated rings. The molecule has 0 unspecified atom stereocenters. The zero-order valence-corrected chi connectivity index (χ0v) is 14.2. The molecule has 2 heterocycles. The van der Waals surface area contributed by atoms with Gasteiger partial charge in [0.1, 0.15) is 9.96 Å². The first kappa shape index (κ1) is 15.5. The van der Waals surface area contributed by atoms with E-state index in [2.05, 4.69) is 4.72 Å². The van der Waals surface area contributed by atoms with Crippen molar-refractivity contribution < 1.29 is 13.2 Å². The lowest BCUT2D eigenvalue weighted by Crippen LogP contribution is -2.37. The van der Waals surface area contributed by atoms with Gasteiger partial charge in [0.15, 0.2) is 0 Å². The van der Waals surface area contributed by atoms with Gasteiger partial charge in [-0.1, -0.05) is 25.1 Å². The third kappa shape index (κ3) is 2.91. The van der Waals surface area contributed by atoms with Gasteiger partial charge in [-0.15, -0.1) is 11.3 Å². The average molecular weight is 337 g/mol. The quantitative estimate of drug-likeness (QED) is 0.912. The molecule has 1 aromatic heterocycles. The fraction of sp³-hybridized carbons (Fsp3) is 0.375. The molecule has 22 heavy (non-hydrogen) atoms. The van der Waals surface area contributed by atoms with Crippen molar-refractivity contribution >= 4 is 21.4 Å². The van der Waals surface area contributed by atoms with Gasteiger partial charge in [-0.3, -0.25) is 0 Å². The standard InChI is InChI=1S/C16H19NO3S2/c1-3-12-8-9-16(21-12)22(18,19)17-11(2)14-10-20-15-7-5-4-6-13(14)15/h4-9,11,14,17H,3,10H2,1-2H3/t11-,14-/m0/s1. The monoisotopic (exact) mass is 337 g/mol. The van der Waals surface area contributed by atoms with E-state index in [1.807, 2.05) is 44.2 Å². The van der Waals surface area contributed by atoms with Crippen LogP contribution in [0.3, 0.4) is 0 Å². The van der Waals surface area contributed by atoms with E-state index in [1.165, 1.54) is 11.3 Å². The Morgan fingerprint density at radius 2 is 2.09 bits per heavy atom. The summed E-state index contributed by atoms with van der Waals surface area (Å²) in [5.41, 5.74) is 1.07. The highest BCUT2D eigenvalue weighted by atomic mass is 32.2. The number of aryl methyl sites for hydroxylation is 1. The minimum Gasteiger partial charge on any atom is -0.493 e. The van der Waals surface area contributed by atoms with Crippen molar-refractivity contribution in [1.29, 1.82) is 0 Å². The number of hydrogen-bond acceptors (Lipinski definition) is 4. The van der Waals surface area contributed by atoms with Crippen LogP contribution in [0.15, 0.2) is 40.6 Å². The summed E-state index contributed by atoms with van der Waals surface area (Å²) in [5, 5.41) is 0. The lowest BCUT2D eigenvalue weighted by atomic mass is 9.95. The SMILES string of the molecule is CCc1ccc(S(=O)(=O)N[C@@H](C)[C@@H]2COc3ccccc32)s1. The average Bonchev–Trinajstić information content (AvgIpc) is 3.14. The third-order valence-electron chi connectivity index (χ3n) is 3.93. The molecule has 1 N–H and O–H groups in total. The summed E-state index contributed by atoms with van der Waals surface area (Å²) in [7, 11) is -3.48. The molecule has 0 saturated carbocycles. The highest BCUT2D eigenvalue weighted by Crippen LogP contribution is 2.36. The van der Waals surface area contributed by atoms with Crippen LogP contribution < -0.4 is 9.46 Å². The first-order valence-electron chi connectivity index (χ1n) is 7.34. The smallest absolute Gasteiger partial charge is 0.250 e. The Bertz CT molecular complexity index is 767. The number of fused-ring (bicyclic) bond motifs is 1. The van der Waals surface area contributed by atoms with Crippen molar-refractivity contribution in [2.24, 2.45) is 0 Å². The third-order valence-corrected chi connectivity index (χ3v) is 7.21. The first-order chi connectivity index (χ1) is 10.5. The molecule has 118 valence electrons. The van der Waals surface area contributed by atoms with E-state index in [0.717, 1.165) is 22.6 Å². The van der Waals surface area contributed by atoms with Crippen LogP contribution in [0.1, 0.15) is 30.2 Å². The predicted molar refractivity (Wildman–Crippen MR) is 88.2 cm³/mol. The fourth-order valence-corrected chi connectivity index (χ4v) is 5.28. The second-order valence-electron chi connectivity index (χ2n) is 5.44. The minimum atomic E-state index is -3.48. The molecule has 6 heteroatoms. The Balaban J connectivity index is 1.78. The van der Waals surface area contributed by atoms with E-state index in [4.69, 9.17) is 4.74 Å². The van der Waals surface area contributed by atoms with Crippen LogP contribution in [0, 0.1) is 0 Å². The summed E-state index contributed by atoms with van der Waals surface area (Å²) in [6, 6.07) is 11.1. The van der Waals surface area contributed by atoms with E-state index in [9.17, 15) is 8.42 Å². The Morgan fingerprint density at radius 1 is 1.32 bits per heavy atom. The predicted octanol–water partition coefficient (Wildman–Crippen LogP) is 3.15. The molecule has 0 aliphatic carbocycles. The first-order valence-corrected chi connectivity index (χ1v) is 9.64. The maximum atomic E-state index is 12.5. The maximum Gasteiger partial charge on any atom is 0.250 e. The zero-order valence-electron chi connectivity index (χ0n) is 12.6. The zero-order chi connectivity index (χ0) is 15.7. The molecule has 0 amide bonds. The van der Waals surface area contributed by atoms with Gasteiger partial charge < -0.3 is 4.74 Å². The van der Waals surface area contributed by atoms with E-state index in [-0.39, 0.29) is 12.0 Å². The van der Waals surface area contributed by atoms with Gasteiger partial charge in [0.2, 0.25) is 10.0 Å². The Kier molecular flexibility index (Phi) is 4.25. The van der Waals surface area contributed by atoms with Gasteiger partial charge >= 0.3 is 0 Å². The van der Waals surface area contributed by atoms with Crippen molar-refractivity contribution in [2.45, 2.75) is 36.4 Å². The maximum absolute atomic E-state index is 12.5. The Labute approximate surface area is 135 Å². The molecule has 1 aliphatic rings. The van der Waals surface area contributed by atoms with E-state index in [0.29, 0.717) is 10.8 Å². The van der Waals surface area contributed by atoms with Gasteiger partial charge in [0.25, 0.3) is 0 Å². The highest BCUT2D eigenvalue weighted by Gasteiger charge is 2.31. The van der Waals surface area contributed by atoms with Crippen molar-refractivity contribution in [1.82, 2.24) is 4.72 Å². The number of thiophene rings is 1. The molecular formula is C16H19NO3S2. The van der Waals surface area contributed by atoms with E-state index in [1.54, 1.807) is 6.07 Å². The van der Waals surface area contributed by atoms with Crippen LogP contribution in [0.25, 0.3) is 0 Å². The molecule has 4 nitrogen and oxygen atoms in total. The van der Waals surface area contributed by atoms with Crippen LogP contribution in [0.5, 0.6) is 5.75 Å². The lowest BCUT2D eigenvalue weighted by molar-refractivity contribution is 0.313. The fourth-order valence-electron chi connectivity index (χ4n) is 2.68. The van der Waals surface area contributed by atoms with Crippen molar-refractivity contribution in [3.63, 3.8) is 0 Å². The van der Waals surface area contributed by atoms with Gasteiger partial charge in [-0.05, 0) is 31.5 Å². The number of ether oxygens (including phenoxy) is 1. The number of benzene rings is 1. The molecule has 0 bridgehead atoms. The largest absolute Gasteiger partial charge is 0.493 e. The summed E-state index contributed by atoms with van der Waals surface area (Å²) >= 11 is 1.33. The summed E-state index contributed by atoms with van der Waals surface area (Å²) < 4.78 is 33.8. The second kappa shape index (κ2) is 6.02. The molecule has 3 rings (SSSR count). The number of hydrogen-bond donors (Lipinski definition) is 1. The Morgan fingerprint density at radius 3 is 2.82 bits per heavy atom. The van der Waals surface area contributed by atoms with Gasteiger partial charge in [-0.2, -0.15) is 0 Å². The van der Waals surface area contributed by atoms with Crippen LogP contribution in [0.2, 0.25) is 0 Å². The van der Waals surface area contributed by atoms with Crippen molar-refractivity contribution in [3.8, 4) is 5.75 Å². The second-order valence-corrected chi connectivity index (χ2v) is 8.55. The minimum absolute atomic E-state index is 0.0385. The number of nitrogens with one attached hydrogen (secondary N) is 1. The van der Waals surface area contributed by atoms with Crippen molar-refractivity contribution in [3.05, 3.63) is 46.8 Å². The van der Waals surface area contributed by atoms with Crippen LogP contribution >= 0.6 is 11.3 Å². The number of rotatable bonds is 5. The molecule has 0 spiro atoms. The molecule has 0 radical (unpaired) electrons. The molecule has 0 saturated heterocycles. The van der Waals surface area contributed by atoms with Gasteiger partial charge in [0, 0.05) is 22.4 Å². The normalized spacial score (nSPS) is 18.7. The number of para-hydroxylation sites is 1. The molecule has 2 aromatic rings. The van der Waals surface area contributed by atoms with Crippen molar-refractivity contribution in [2.75, 3.05) is 6.61 Å². The molecule has 1 aliphatic heterocycles. The van der Waals surface area contributed by atoms with Gasteiger partial charge in [-0.25, -0.2) is 13.1 Å². The molecule has 1 aromatic carbocycles. The molecular weight excluding hydrogens is 318 g/mol. The van der Waals surface area contributed by atoms with E-state index < -0.39 is 10.0 Å². The van der Waals surface area contributed by atoms with Crippen LogP contribution in [-0.2, 0) is 16.4 Å². The van der Waals surface area contributed by atoms with Crippen LogP contribution in [-0.4, -0.2) is 21.1 Å². The lowest BCUT2D eigenvalue weighted by Gasteiger charge is -2.19. The Hall–Kier alpha value is -1.37. The summed E-state index contributed by atoms with van der Waals surface area (Å²) in [6.45, 7) is 4.42.